The summed E-state index contributed by atoms with van der Waals surface area (Å²) in [7, 11) is 3.49. The van der Waals surface area contributed by atoms with Gasteiger partial charge in [0.15, 0.2) is 0 Å². The molecule has 0 bridgehead atoms. The molecule has 14 heavy (non-hydrogen) atoms. The van der Waals surface area contributed by atoms with Crippen LogP contribution in [-0.4, -0.2) is 0 Å². The summed E-state index contributed by atoms with van der Waals surface area (Å²) in [4.78, 5) is 2.44. The molecule has 69 valence electrons. The third-order valence-electron chi connectivity index (χ3n) is 1.65. The number of hydrogen-bond acceptors (Lipinski definition) is 2. The first-order chi connectivity index (χ1) is 6.95. The molecular weight excluding hydrogens is 208 g/mol. The minimum atomic E-state index is 1.17. The van der Waals surface area contributed by atoms with Gasteiger partial charge >= 0.3 is 0 Å². The van der Waals surface area contributed by atoms with E-state index in [4.69, 9.17) is 0 Å². The summed E-state index contributed by atoms with van der Waals surface area (Å²) in [6, 6.07) is 21.6. The third-order valence-corrected chi connectivity index (χ3v) is 4.00. The fourth-order valence-corrected chi connectivity index (χ4v) is 2.90. The Morgan fingerprint density at radius 2 is 1.57 bits per heavy atom. The average molecular weight is 217 g/mol. The van der Waals surface area contributed by atoms with E-state index in [2.05, 4.69) is 36.4 Å². The second-order valence-corrected chi connectivity index (χ2v) is 4.95. The molecule has 0 saturated heterocycles. The summed E-state index contributed by atoms with van der Waals surface area (Å²) in [5, 5.41) is 0. The van der Waals surface area contributed by atoms with E-state index in [0.717, 1.165) is 0 Å². The normalized spacial score (nSPS) is 10.0. The van der Waals surface area contributed by atoms with Crippen molar-refractivity contribution in [1.29, 1.82) is 0 Å². The Kier molecular flexibility index (Phi) is 3.55. The van der Waals surface area contributed by atoms with E-state index in [1.165, 1.54) is 9.79 Å². The van der Waals surface area contributed by atoms with Gasteiger partial charge in [0.2, 0.25) is 0 Å². The van der Waals surface area contributed by atoms with Crippen molar-refractivity contribution in [3.8, 4) is 0 Å². The largest absolute Gasteiger partial charge is 0.0622 e. The van der Waals surface area contributed by atoms with Crippen molar-refractivity contribution in [2.45, 2.75) is 9.79 Å². The molecule has 0 N–H and O–H groups in total. The molecule has 0 unspecified atom stereocenters. The zero-order valence-electron chi connectivity index (χ0n) is 7.51. The highest BCUT2D eigenvalue weighted by atomic mass is 33.1. The molecule has 0 fully saturated rings. The molecule has 0 heterocycles. The molecule has 0 saturated carbocycles. The predicted molar refractivity (Wildman–Crippen MR) is 63.4 cm³/mol. The topological polar surface area (TPSA) is 0 Å². The van der Waals surface area contributed by atoms with E-state index in [9.17, 15) is 0 Å². The van der Waals surface area contributed by atoms with Crippen molar-refractivity contribution < 1.29 is 0 Å². The highest BCUT2D eigenvalue weighted by molar-refractivity contribution is 8.76. The molecule has 2 aromatic carbocycles. The van der Waals surface area contributed by atoms with Crippen LogP contribution in [0, 0.1) is 6.07 Å². The van der Waals surface area contributed by atoms with Crippen molar-refractivity contribution in [2.24, 2.45) is 0 Å². The molecule has 0 aliphatic rings. The standard InChI is InChI=1S/C12H9S2/c1-3-7-11(8-4-1)13-14-12-9-5-2-6-10-12/h1-9H. The van der Waals surface area contributed by atoms with Gasteiger partial charge in [-0.05, 0) is 24.3 Å². The van der Waals surface area contributed by atoms with Gasteiger partial charge in [0, 0.05) is 9.79 Å². The van der Waals surface area contributed by atoms with Crippen LogP contribution in [0.1, 0.15) is 0 Å². The fourth-order valence-electron chi connectivity index (χ4n) is 0.998. The van der Waals surface area contributed by atoms with Crippen LogP contribution in [-0.2, 0) is 0 Å². The van der Waals surface area contributed by atoms with Crippen LogP contribution >= 0.6 is 21.6 Å². The van der Waals surface area contributed by atoms with Gasteiger partial charge in [-0.2, -0.15) is 0 Å². The molecule has 0 aliphatic heterocycles. The summed E-state index contributed by atoms with van der Waals surface area (Å²) >= 11 is 0. The van der Waals surface area contributed by atoms with Gasteiger partial charge in [-0.1, -0.05) is 58.0 Å². The highest BCUT2D eigenvalue weighted by Gasteiger charge is 1.95. The second kappa shape index (κ2) is 5.13. The van der Waals surface area contributed by atoms with E-state index in [-0.39, 0.29) is 0 Å². The summed E-state index contributed by atoms with van der Waals surface area (Å²) in [6.45, 7) is 0. The van der Waals surface area contributed by atoms with Crippen LogP contribution in [0.5, 0.6) is 0 Å². The second-order valence-electron chi connectivity index (χ2n) is 2.71. The summed E-state index contributed by atoms with van der Waals surface area (Å²) < 4.78 is 0. The van der Waals surface area contributed by atoms with E-state index in [1.54, 1.807) is 21.6 Å². The van der Waals surface area contributed by atoms with Crippen molar-refractivity contribution in [3.05, 3.63) is 60.7 Å². The first-order valence-electron chi connectivity index (χ1n) is 4.31. The van der Waals surface area contributed by atoms with Crippen molar-refractivity contribution in [1.82, 2.24) is 0 Å². The maximum absolute atomic E-state index is 3.18. The quantitative estimate of drug-likeness (QED) is 0.704. The van der Waals surface area contributed by atoms with Crippen molar-refractivity contribution >= 4 is 21.6 Å². The molecule has 0 spiro atoms. The molecule has 2 rings (SSSR count). The highest BCUT2D eigenvalue weighted by Crippen LogP contribution is 2.36. The van der Waals surface area contributed by atoms with Gasteiger partial charge in [-0.25, -0.2) is 0 Å². The Morgan fingerprint density at radius 1 is 0.786 bits per heavy atom. The zero-order valence-corrected chi connectivity index (χ0v) is 9.15. The van der Waals surface area contributed by atoms with Gasteiger partial charge in [0.1, 0.15) is 0 Å². The minimum absolute atomic E-state index is 1.17. The lowest BCUT2D eigenvalue weighted by atomic mass is 10.4. The molecule has 2 heteroatoms. The first kappa shape index (κ1) is 9.69. The van der Waals surface area contributed by atoms with E-state index >= 15 is 0 Å². The SMILES string of the molecule is [c]1ccccc1SSc1ccccc1. The maximum atomic E-state index is 3.18. The number of hydrogen-bond donors (Lipinski definition) is 0. The predicted octanol–water partition coefficient (Wildman–Crippen LogP) is 4.29. The number of rotatable bonds is 3. The molecule has 0 aromatic heterocycles. The molecule has 0 atom stereocenters. The Morgan fingerprint density at radius 3 is 2.29 bits per heavy atom. The van der Waals surface area contributed by atoms with Crippen LogP contribution in [0.3, 0.4) is 0 Å². The van der Waals surface area contributed by atoms with Gasteiger partial charge in [0.25, 0.3) is 0 Å². The summed E-state index contributed by atoms with van der Waals surface area (Å²) in [5.41, 5.74) is 0. The van der Waals surface area contributed by atoms with Gasteiger partial charge in [-0.3, -0.25) is 0 Å². The lowest BCUT2D eigenvalue weighted by molar-refractivity contribution is 1.45. The van der Waals surface area contributed by atoms with Crippen LogP contribution in [0.4, 0.5) is 0 Å². The molecule has 2 aromatic rings. The Hall–Kier alpha value is -0.860. The molecule has 0 nitrogen and oxygen atoms in total. The fraction of sp³-hybridized carbons (Fsp3) is 0. The lowest BCUT2D eigenvalue weighted by Crippen LogP contribution is -1.67. The molecule has 0 amide bonds. The van der Waals surface area contributed by atoms with Crippen LogP contribution < -0.4 is 0 Å². The zero-order chi connectivity index (χ0) is 9.64. The minimum Gasteiger partial charge on any atom is -0.0622 e. The maximum Gasteiger partial charge on any atom is 0.0265 e. The van der Waals surface area contributed by atoms with Crippen molar-refractivity contribution in [2.75, 3.05) is 0 Å². The smallest absolute Gasteiger partial charge is 0.0265 e. The van der Waals surface area contributed by atoms with E-state index in [1.807, 2.05) is 24.3 Å². The van der Waals surface area contributed by atoms with Gasteiger partial charge < -0.3 is 0 Å². The monoisotopic (exact) mass is 217 g/mol. The van der Waals surface area contributed by atoms with E-state index < -0.39 is 0 Å². The Bertz CT molecular complexity index is 331. The van der Waals surface area contributed by atoms with Crippen LogP contribution in [0.15, 0.2) is 64.4 Å². The Labute approximate surface area is 92.1 Å². The van der Waals surface area contributed by atoms with Crippen molar-refractivity contribution in [3.63, 3.8) is 0 Å². The molecule has 1 radical (unpaired) electrons. The summed E-state index contributed by atoms with van der Waals surface area (Å²) in [5.74, 6) is 0. The third kappa shape index (κ3) is 2.82. The Balaban J connectivity index is 1.96. The average Bonchev–Trinajstić information content (AvgIpc) is 2.29. The van der Waals surface area contributed by atoms with Gasteiger partial charge in [-0.15, -0.1) is 0 Å². The lowest BCUT2D eigenvalue weighted by Gasteiger charge is -1.99. The van der Waals surface area contributed by atoms with E-state index in [0.29, 0.717) is 0 Å². The van der Waals surface area contributed by atoms with Crippen LogP contribution in [0.2, 0.25) is 0 Å². The molecular formula is C12H9S2. The first-order valence-corrected chi connectivity index (χ1v) is 6.46. The van der Waals surface area contributed by atoms with Gasteiger partial charge in [0.05, 0.1) is 0 Å². The molecule has 0 aliphatic carbocycles. The summed E-state index contributed by atoms with van der Waals surface area (Å²) in [6.07, 6.45) is 0. The number of benzene rings is 2. The van der Waals surface area contributed by atoms with Crippen LogP contribution in [0.25, 0.3) is 0 Å².